The first-order chi connectivity index (χ1) is 10.2. The molecule has 116 valence electrons. The molecular weight excluding hydrogens is 254 g/mol. The number of hydrogen-bond acceptors (Lipinski definition) is 1. The van der Waals surface area contributed by atoms with Crippen LogP contribution < -0.4 is 0 Å². The van der Waals surface area contributed by atoms with Crippen LogP contribution in [0, 0.1) is 11.3 Å². The third kappa shape index (κ3) is 3.51. The minimum Gasteiger partial charge on any atom is -0.306 e. The van der Waals surface area contributed by atoms with E-state index in [2.05, 4.69) is 49.2 Å². The van der Waals surface area contributed by atoms with Crippen molar-refractivity contribution in [3.05, 3.63) is 35.9 Å². The Balaban J connectivity index is 1.78. The van der Waals surface area contributed by atoms with Gasteiger partial charge in [0.2, 0.25) is 0 Å². The number of nitrogens with zero attached hydrogens (tertiary/aromatic N) is 1. The summed E-state index contributed by atoms with van der Waals surface area (Å²) in [5.41, 5.74) is 2.24. The molecule has 1 aliphatic heterocycles. The molecule has 1 aromatic rings. The summed E-state index contributed by atoms with van der Waals surface area (Å²) in [6, 6.07) is 11.3. The van der Waals surface area contributed by atoms with Crippen molar-refractivity contribution in [2.24, 2.45) is 11.3 Å². The molecule has 1 heteroatoms. The maximum absolute atomic E-state index is 2.52. The normalized spacial score (nSPS) is 29.6. The van der Waals surface area contributed by atoms with Crippen LogP contribution in [-0.2, 0) is 0 Å². The highest BCUT2D eigenvalue weighted by molar-refractivity contribution is 5.21. The third-order valence-corrected chi connectivity index (χ3v) is 6.03. The van der Waals surface area contributed by atoms with Crippen LogP contribution in [0.4, 0.5) is 0 Å². The molecule has 1 aliphatic carbocycles. The number of hydrogen-bond donors (Lipinski definition) is 0. The summed E-state index contributed by atoms with van der Waals surface area (Å²) in [5, 5.41) is 0. The average Bonchev–Trinajstić information content (AvgIpc) is 2.52. The SMILES string of the molecule is CCCC1CC(c2ccccc2)CC2(CCN(C)CC2)C1. The minimum absolute atomic E-state index is 0.644. The smallest absolute Gasteiger partial charge is 0.00165 e. The molecule has 1 heterocycles. The first-order valence-corrected chi connectivity index (χ1v) is 8.94. The van der Waals surface area contributed by atoms with Gasteiger partial charge in [-0.1, -0.05) is 50.1 Å². The molecule has 1 saturated heterocycles. The van der Waals surface area contributed by atoms with E-state index in [0.717, 1.165) is 11.8 Å². The molecule has 2 fully saturated rings. The maximum atomic E-state index is 2.52. The predicted octanol–water partition coefficient (Wildman–Crippen LogP) is 5.08. The Labute approximate surface area is 130 Å². The lowest BCUT2D eigenvalue weighted by atomic mass is 9.59. The van der Waals surface area contributed by atoms with E-state index < -0.39 is 0 Å². The lowest BCUT2D eigenvalue weighted by Gasteiger charge is -2.49. The second kappa shape index (κ2) is 6.52. The van der Waals surface area contributed by atoms with Crippen molar-refractivity contribution in [2.75, 3.05) is 20.1 Å². The number of rotatable bonds is 3. The van der Waals surface area contributed by atoms with Crippen molar-refractivity contribution in [3.63, 3.8) is 0 Å². The molecule has 0 bridgehead atoms. The van der Waals surface area contributed by atoms with Gasteiger partial charge >= 0.3 is 0 Å². The Kier molecular flexibility index (Phi) is 4.69. The zero-order valence-electron chi connectivity index (χ0n) is 13.9. The van der Waals surface area contributed by atoms with Crippen LogP contribution in [0.1, 0.15) is 63.4 Å². The first-order valence-electron chi connectivity index (χ1n) is 8.94. The number of piperidine rings is 1. The fourth-order valence-electron chi connectivity index (χ4n) is 4.90. The highest BCUT2D eigenvalue weighted by atomic mass is 15.1. The van der Waals surface area contributed by atoms with Crippen LogP contribution in [-0.4, -0.2) is 25.0 Å². The van der Waals surface area contributed by atoms with Crippen LogP contribution in [0.5, 0.6) is 0 Å². The molecule has 2 atom stereocenters. The Bertz CT molecular complexity index is 430. The second-order valence-corrected chi connectivity index (χ2v) is 7.71. The quantitative estimate of drug-likeness (QED) is 0.748. The molecule has 2 aliphatic rings. The van der Waals surface area contributed by atoms with Gasteiger partial charge in [0.15, 0.2) is 0 Å². The van der Waals surface area contributed by atoms with Crippen molar-refractivity contribution < 1.29 is 0 Å². The lowest BCUT2D eigenvalue weighted by molar-refractivity contribution is 0.0420. The molecule has 0 amide bonds. The highest BCUT2D eigenvalue weighted by Gasteiger charge is 2.41. The third-order valence-electron chi connectivity index (χ3n) is 6.03. The van der Waals surface area contributed by atoms with Crippen molar-refractivity contribution in [1.82, 2.24) is 4.90 Å². The number of likely N-dealkylation sites (tertiary alicyclic amines) is 1. The average molecular weight is 285 g/mol. The first kappa shape index (κ1) is 15.1. The van der Waals surface area contributed by atoms with E-state index in [1.165, 1.54) is 58.0 Å². The van der Waals surface area contributed by atoms with Gasteiger partial charge in [-0.15, -0.1) is 0 Å². The fraction of sp³-hybridized carbons (Fsp3) is 0.700. The van der Waals surface area contributed by atoms with E-state index in [1.807, 2.05) is 0 Å². The van der Waals surface area contributed by atoms with Crippen LogP contribution >= 0.6 is 0 Å². The van der Waals surface area contributed by atoms with Crippen molar-refractivity contribution in [1.29, 1.82) is 0 Å². The monoisotopic (exact) mass is 285 g/mol. The summed E-state index contributed by atoms with van der Waals surface area (Å²) in [4.78, 5) is 2.52. The topological polar surface area (TPSA) is 3.24 Å². The second-order valence-electron chi connectivity index (χ2n) is 7.71. The van der Waals surface area contributed by atoms with E-state index in [-0.39, 0.29) is 0 Å². The van der Waals surface area contributed by atoms with Gasteiger partial charge in [-0.05, 0) is 75.1 Å². The standard InChI is InChI=1S/C20H31N/c1-3-7-17-14-19(18-8-5-4-6-9-18)16-20(15-17)10-12-21(2)13-11-20/h4-6,8-9,17,19H,3,7,10-16H2,1-2H3. The zero-order valence-corrected chi connectivity index (χ0v) is 13.9. The lowest BCUT2D eigenvalue weighted by Crippen LogP contribution is -2.42. The van der Waals surface area contributed by atoms with Gasteiger partial charge in [0.1, 0.15) is 0 Å². The Morgan fingerprint density at radius 1 is 1.10 bits per heavy atom. The van der Waals surface area contributed by atoms with E-state index in [9.17, 15) is 0 Å². The Hall–Kier alpha value is -0.820. The Morgan fingerprint density at radius 2 is 1.81 bits per heavy atom. The van der Waals surface area contributed by atoms with Crippen LogP contribution in [0.2, 0.25) is 0 Å². The van der Waals surface area contributed by atoms with Crippen molar-refractivity contribution >= 4 is 0 Å². The molecule has 3 rings (SSSR count). The van der Waals surface area contributed by atoms with Crippen LogP contribution in [0.25, 0.3) is 0 Å². The molecular formula is C20H31N. The summed E-state index contributed by atoms with van der Waals surface area (Å²) in [6.45, 7) is 4.97. The van der Waals surface area contributed by atoms with Crippen molar-refractivity contribution in [3.8, 4) is 0 Å². The van der Waals surface area contributed by atoms with Crippen LogP contribution in [0.3, 0.4) is 0 Å². The summed E-state index contributed by atoms with van der Waals surface area (Å²) in [5.74, 6) is 1.76. The van der Waals surface area contributed by atoms with Crippen LogP contribution in [0.15, 0.2) is 30.3 Å². The summed E-state index contributed by atoms with van der Waals surface area (Å²) < 4.78 is 0. The van der Waals surface area contributed by atoms with Gasteiger partial charge < -0.3 is 4.90 Å². The molecule has 0 N–H and O–H groups in total. The zero-order chi connectivity index (χ0) is 14.7. The van der Waals surface area contributed by atoms with Crippen molar-refractivity contribution in [2.45, 2.75) is 57.8 Å². The fourth-order valence-corrected chi connectivity index (χ4v) is 4.90. The van der Waals surface area contributed by atoms with Gasteiger partial charge in [0, 0.05) is 0 Å². The summed E-state index contributed by atoms with van der Waals surface area (Å²) >= 11 is 0. The molecule has 2 unspecified atom stereocenters. The highest BCUT2D eigenvalue weighted by Crippen LogP contribution is 2.52. The molecule has 0 aromatic heterocycles. The molecule has 1 aromatic carbocycles. The van der Waals surface area contributed by atoms with Gasteiger partial charge in [-0.2, -0.15) is 0 Å². The van der Waals surface area contributed by atoms with Gasteiger partial charge in [0.25, 0.3) is 0 Å². The summed E-state index contributed by atoms with van der Waals surface area (Å²) in [7, 11) is 2.29. The van der Waals surface area contributed by atoms with E-state index >= 15 is 0 Å². The van der Waals surface area contributed by atoms with E-state index in [1.54, 1.807) is 5.56 Å². The molecule has 1 nitrogen and oxygen atoms in total. The van der Waals surface area contributed by atoms with Gasteiger partial charge in [-0.25, -0.2) is 0 Å². The van der Waals surface area contributed by atoms with Gasteiger partial charge in [-0.3, -0.25) is 0 Å². The molecule has 1 spiro atoms. The maximum Gasteiger partial charge on any atom is -0.00165 e. The minimum atomic E-state index is 0.644. The molecule has 0 radical (unpaired) electrons. The van der Waals surface area contributed by atoms with Gasteiger partial charge in [0.05, 0.1) is 0 Å². The Morgan fingerprint density at radius 3 is 2.48 bits per heavy atom. The predicted molar refractivity (Wildman–Crippen MR) is 90.6 cm³/mol. The van der Waals surface area contributed by atoms with E-state index in [0.29, 0.717) is 5.41 Å². The van der Waals surface area contributed by atoms with E-state index in [4.69, 9.17) is 0 Å². The molecule has 21 heavy (non-hydrogen) atoms. The number of benzene rings is 1. The summed E-state index contributed by atoms with van der Waals surface area (Å²) in [6.07, 6.45) is 9.99. The molecule has 1 saturated carbocycles. The largest absolute Gasteiger partial charge is 0.306 e.